The Bertz CT molecular complexity index is 532. The zero-order valence-electron chi connectivity index (χ0n) is 10.5. The second-order valence-corrected chi connectivity index (χ2v) is 5.18. The third-order valence-electron chi connectivity index (χ3n) is 2.70. The number of benzene rings is 1. The van der Waals surface area contributed by atoms with Gasteiger partial charge in [-0.3, -0.25) is 0 Å². The van der Waals surface area contributed by atoms with E-state index in [1.165, 1.54) is 7.11 Å². The summed E-state index contributed by atoms with van der Waals surface area (Å²) in [6, 6.07) is 3.32. The van der Waals surface area contributed by atoms with Crippen LogP contribution in [0.25, 0.3) is 0 Å². The maximum Gasteiger partial charge on any atom is 0.162 e. The van der Waals surface area contributed by atoms with Crippen LogP contribution in [0, 0.1) is 0 Å². The summed E-state index contributed by atoms with van der Waals surface area (Å²) in [6.07, 6.45) is 0.863. The Morgan fingerprint density at radius 1 is 1.47 bits per heavy atom. The lowest BCUT2D eigenvalue weighted by Gasteiger charge is -2.10. The van der Waals surface area contributed by atoms with Crippen LogP contribution in [0.2, 0.25) is 5.02 Å². The van der Waals surface area contributed by atoms with E-state index in [-0.39, 0.29) is 5.75 Å². The average molecular weight is 299 g/mol. The van der Waals surface area contributed by atoms with E-state index in [9.17, 15) is 5.11 Å². The molecule has 2 rings (SSSR count). The average Bonchev–Trinajstić information content (AvgIpc) is 2.91. The summed E-state index contributed by atoms with van der Waals surface area (Å²) in [7, 11) is 1.50. The third kappa shape index (κ3) is 3.83. The van der Waals surface area contributed by atoms with Gasteiger partial charge in [-0.05, 0) is 6.07 Å². The molecule has 0 aliphatic heterocycles. The standard InChI is InChI=1S/C13H15ClN2O2S/c1-18-12-5-10(14)4-9(13(12)17)6-15-3-2-11-7-19-8-16-11/h4-5,7-8,15,17H,2-3,6H2,1H3. The van der Waals surface area contributed by atoms with E-state index in [4.69, 9.17) is 16.3 Å². The molecule has 0 amide bonds. The molecule has 0 aliphatic rings. The fraction of sp³-hybridized carbons (Fsp3) is 0.308. The van der Waals surface area contributed by atoms with Crippen molar-refractivity contribution >= 4 is 22.9 Å². The number of hydrogen-bond acceptors (Lipinski definition) is 5. The van der Waals surface area contributed by atoms with Gasteiger partial charge in [0.2, 0.25) is 0 Å². The molecule has 19 heavy (non-hydrogen) atoms. The summed E-state index contributed by atoms with van der Waals surface area (Å²) in [5.41, 5.74) is 3.62. The lowest BCUT2D eigenvalue weighted by atomic mass is 10.2. The first-order valence-corrected chi connectivity index (χ1v) is 7.16. The Labute approximate surface area is 121 Å². The molecule has 1 aromatic carbocycles. The van der Waals surface area contributed by atoms with Crippen molar-refractivity contribution in [3.8, 4) is 11.5 Å². The van der Waals surface area contributed by atoms with Crippen LogP contribution in [-0.2, 0) is 13.0 Å². The van der Waals surface area contributed by atoms with Crippen LogP contribution in [0.5, 0.6) is 11.5 Å². The maximum absolute atomic E-state index is 9.96. The van der Waals surface area contributed by atoms with Crippen molar-refractivity contribution < 1.29 is 9.84 Å². The monoisotopic (exact) mass is 298 g/mol. The summed E-state index contributed by atoms with van der Waals surface area (Å²) in [5, 5.41) is 15.8. The van der Waals surface area contributed by atoms with Crippen molar-refractivity contribution in [1.82, 2.24) is 10.3 Å². The van der Waals surface area contributed by atoms with E-state index in [1.54, 1.807) is 23.5 Å². The lowest BCUT2D eigenvalue weighted by Crippen LogP contribution is -2.17. The largest absolute Gasteiger partial charge is 0.504 e. The first-order chi connectivity index (χ1) is 9.20. The molecule has 0 saturated heterocycles. The summed E-state index contributed by atoms with van der Waals surface area (Å²) < 4.78 is 5.06. The van der Waals surface area contributed by atoms with E-state index >= 15 is 0 Å². The van der Waals surface area contributed by atoms with Crippen molar-refractivity contribution in [2.75, 3.05) is 13.7 Å². The molecule has 0 aliphatic carbocycles. The molecule has 1 aromatic heterocycles. The SMILES string of the molecule is COc1cc(Cl)cc(CNCCc2cscn2)c1O. The number of phenols is 1. The molecular formula is C13H15ClN2O2S. The summed E-state index contributed by atoms with van der Waals surface area (Å²) in [4.78, 5) is 4.21. The highest BCUT2D eigenvalue weighted by Crippen LogP contribution is 2.33. The molecule has 102 valence electrons. The van der Waals surface area contributed by atoms with Gasteiger partial charge in [-0.15, -0.1) is 11.3 Å². The van der Waals surface area contributed by atoms with Crippen molar-refractivity contribution in [2.45, 2.75) is 13.0 Å². The minimum absolute atomic E-state index is 0.132. The third-order valence-corrected chi connectivity index (χ3v) is 3.55. The lowest BCUT2D eigenvalue weighted by molar-refractivity contribution is 0.369. The number of rotatable bonds is 6. The minimum atomic E-state index is 0.132. The molecule has 6 heteroatoms. The Balaban J connectivity index is 1.90. The smallest absolute Gasteiger partial charge is 0.162 e. The number of thiazole rings is 1. The van der Waals surface area contributed by atoms with Crippen LogP contribution in [0.1, 0.15) is 11.3 Å². The van der Waals surface area contributed by atoms with Crippen molar-refractivity contribution in [3.63, 3.8) is 0 Å². The topological polar surface area (TPSA) is 54.4 Å². The molecule has 0 spiro atoms. The Hall–Kier alpha value is -1.30. The normalized spacial score (nSPS) is 10.6. The fourth-order valence-electron chi connectivity index (χ4n) is 1.72. The van der Waals surface area contributed by atoms with Gasteiger partial charge in [0.15, 0.2) is 11.5 Å². The van der Waals surface area contributed by atoms with Crippen LogP contribution < -0.4 is 10.1 Å². The molecule has 0 saturated carbocycles. The summed E-state index contributed by atoms with van der Waals surface area (Å²) in [5.74, 6) is 0.525. The molecule has 0 fully saturated rings. The first kappa shape index (κ1) is 14.1. The van der Waals surface area contributed by atoms with Gasteiger partial charge >= 0.3 is 0 Å². The second-order valence-electron chi connectivity index (χ2n) is 4.02. The molecule has 4 nitrogen and oxygen atoms in total. The van der Waals surface area contributed by atoms with E-state index in [0.717, 1.165) is 24.2 Å². The zero-order valence-corrected chi connectivity index (χ0v) is 12.1. The van der Waals surface area contributed by atoms with Gasteiger partial charge in [0, 0.05) is 41.5 Å². The number of nitrogens with zero attached hydrogens (tertiary/aromatic N) is 1. The minimum Gasteiger partial charge on any atom is -0.504 e. The molecule has 0 bridgehead atoms. The van der Waals surface area contributed by atoms with Gasteiger partial charge < -0.3 is 15.2 Å². The van der Waals surface area contributed by atoms with Crippen molar-refractivity contribution in [2.24, 2.45) is 0 Å². The van der Waals surface area contributed by atoms with Crippen LogP contribution in [0.3, 0.4) is 0 Å². The number of aromatic hydroxyl groups is 1. The van der Waals surface area contributed by atoms with Gasteiger partial charge in [-0.1, -0.05) is 11.6 Å². The predicted molar refractivity (Wildman–Crippen MR) is 77.2 cm³/mol. The van der Waals surface area contributed by atoms with E-state index in [1.807, 2.05) is 10.9 Å². The quantitative estimate of drug-likeness (QED) is 0.805. The highest BCUT2D eigenvalue weighted by molar-refractivity contribution is 7.07. The fourth-order valence-corrected chi connectivity index (χ4v) is 2.54. The van der Waals surface area contributed by atoms with Crippen LogP contribution in [0.15, 0.2) is 23.0 Å². The van der Waals surface area contributed by atoms with Crippen LogP contribution >= 0.6 is 22.9 Å². The number of nitrogens with one attached hydrogen (secondary N) is 1. The van der Waals surface area contributed by atoms with E-state index < -0.39 is 0 Å². The summed E-state index contributed by atoms with van der Waals surface area (Å²) in [6.45, 7) is 1.32. The number of hydrogen-bond donors (Lipinski definition) is 2. The molecular weight excluding hydrogens is 284 g/mol. The number of ether oxygens (including phenoxy) is 1. The number of phenolic OH excluding ortho intramolecular Hbond substituents is 1. The van der Waals surface area contributed by atoms with Gasteiger partial charge in [-0.25, -0.2) is 4.98 Å². The highest BCUT2D eigenvalue weighted by Gasteiger charge is 2.09. The van der Waals surface area contributed by atoms with Gasteiger partial charge in [0.25, 0.3) is 0 Å². The number of methoxy groups -OCH3 is 1. The highest BCUT2D eigenvalue weighted by atomic mass is 35.5. The first-order valence-electron chi connectivity index (χ1n) is 5.84. The van der Waals surface area contributed by atoms with E-state index in [0.29, 0.717) is 17.3 Å². The second kappa shape index (κ2) is 6.75. The van der Waals surface area contributed by atoms with E-state index in [2.05, 4.69) is 10.3 Å². The Morgan fingerprint density at radius 2 is 2.32 bits per heavy atom. The Kier molecular flexibility index (Phi) is 5.01. The maximum atomic E-state index is 9.96. The molecule has 0 radical (unpaired) electrons. The number of halogens is 1. The van der Waals surface area contributed by atoms with Gasteiger partial charge in [0.05, 0.1) is 18.3 Å². The molecule has 0 atom stereocenters. The molecule has 2 N–H and O–H groups in total. The molecule has 0 unspecified atom stereocenters. The van der Waals surface area contributed by atoms with Crippen LogP contribution in [-0.4, -0.2) is 23.7 Å². The van der Waals surface area contributed by atoms with Gasteiger partial charge in [-0.2, -0.15) is 0 Å². The van der Waals surface area contributed by atoms with Crippen LogP contribution in [0.4, 0.5) is 0 Å². The number of aromatic nitrogens is 1. The van der Waals surface area contributed by atoms with Crippen molar-refractivity contribution in [1.29, 1.82) is 0 Å². The van der Waals surface area contributed by atoms with Crippen molar-refractivity contribution in [3.05, 3.63) is 39.3 Å². The Morgan fingerprint density at radius 3 is 3.00 bits per heavy atom. The predicted octanol–water partition coefficient (Wildman–Crippen LogP) is 2.84. The molecule has 2 aromatic rings. The summed E-state index contributed by atoms with van der Waals surface area (Å²) >= 11 is 7.56. The zero-order chi connectivity index (χ0) is 13.7. The van der Waals surface area contributed by atoms with Gasteiger partial charge in [0.1, 0.15) is 0 Å². The molecule has 1 heterocycles.